The van der Waals surface area contributed by atoms with Crippen molar-refractivity contribution >= 4 is 23.3 Å². The van der Waals surface area contributed by atoms with Crippen LogP contribution in [0.3, 0.4) is 0 Å². The molecule has 112 valence electrons. The summed E-state index contributed by atoms with van der Waals surface area (Å²) >= 11 is 5.87. The molecule has 0 unspecified atom stereocenters. The number of carboxylic acid groups (broad SMARTS) is 1. The first-order valence-corrected chi connectivity index (χ1v) is 7.20. The average molecular weight is 308 g/mol. The van der Waals surface area contributed by atoms with Gasteiger partial charge in [-0.15, -0.1) is 0 Å². The first-order chi connectivity index (χ1) is 10.1. The topological polar surface area (TPSA) is 58.4 Å². The Balaban J connectivity index is 2.15. The second-order valence-corrected chi connectivity index (χ2v) is 5.27. The molecule has 0 aliphatic heterocycles. The highest BCUT2D eigenvalue weighted by Crippen LogP contribution is 2.20. The van der Waals surface area contributed by atoms with E-state index >= 15 is 0 Å². The molecule has 6 heteroatoms. The van der Waals surface area contributed by atoms with E-state index in [-0.39, 0.29) is 6.54 Å². The van der Waals surface area contributed by atoms with Crippen LogP contribution in [0.25, 0.3) is 0 Å². The number of aryl methyl sites for hydroxylation is 1. The van der Waals surface area contributed by atoms with E-state index in [0.717, 1.165) is 24.2 Å². The number of aliphatic carboxylic acids is 1. The van der Waals surface area contributed by atoms with Crippen LogP contribution >= 0.6 is 11.6 Å². The van der Waals surface area contributed by atoms with Gasteiger partial charge in [0.05, 0.1) is 6.20 Å². The van der Waals surface area contributed by atoms with Crippen LogP contribution < -0.4 is 4.90 Å². The lowest BCUT2D eigenvalue weighted by Crippen LogP contribution is -2.29. The molecular formula is C15H18ClN3O2. The average Bonchev–Trinajstić information content (AvgIpc) is 2.86. The second-order valence-electron chi connectivity index (χ2n) is 4.84. The van der Waals surface area contributed by atoms with Gasteiger partial charge in [-0.1, -0.05) is 18.5 Å². The van der Waals surface area contributed by atoms with Crippen molar-refractivity contribution in [2.45, 2.75) is 26.4 Å². The zero-order valence-corrected chi connectivity index (χ0v) is 12.6. The van der Waals surface area contributed by atoms with Crippen molar-refractivity contribution < 1.29 is 9.90 Å². The van der Waals surface area contributed by atoms with E-state index in [1.807, 2.05) is 23.0 Å². The molecule has 0 atom stereocenters. The summed E-state index contributed by atoms with van der Waals surface area (Å²) in [7, 11) is 0. The summed E-state index contributed by atoms with van der Waals surface area (Å²) < 4.78 is 1.87. The van der Waals surface area contributed by atoms with Gasteiger partial charge in [0.1, 0.15) is 6.54 Å². The van der Waals surface area contributed by atoms with E-state index in [0.29, 0.717) is 11.6 Å². The van der Waals surface area contributed by atoms with Crippen LogP contribution in [-0.2, 0) is 17.9 Å². The second kappa shape index (κ2) is 7.13. The van der Waals surface area contributed by atoms with Crippen LogP contribution in [0.15, 0.2) is 36.7 Å². The van der Waals surface area contributed by atoms with Crippen LogP contribution in [-0.4, -0.2) is 27.4 Å². The molecule has 0 radical (unpaired) electrons. The number of aromatic nitrogens is 2. The van der Waals surface area contributed by atoms with Crippen molar-refractivity contribution in [3.63, 3.8) is 0 Å². The van der Waals surface area contributed by atoms with Crippen LogP contribution in [0.1, 0.15) is 18.9 Å². The molecular weight excluding hydrogens is 290 g/mol. The molecule has 2 rings (SSSR count). The van der Waals surface area contributed by atoms with E-state index in [1.165, 1.54) is 0 Å². The summed E-state index contributed by atoms with van der Waals surface area (Å²) in [6.07, 6.45) is 4.74. The smallest absolute Gasteiger partial charge is 0.323 e. The minimum Gasteiger partial charge on any atom is -0.480 e. The van der Waals surface area contributed by atoms with Gasteiger partial charge in [-0.3, -0.25) is 9.48 Å². The number of nitrogens with zero attached hydrogens (tertiary/aromatic N) is 3. The fourth-order valence-corrected chi connectivity index (χ4v) is 2.24. The lowest BCUT2D eigenvalue weighted by molar-refractivity contribution is -0.135. The van der Waals surface area contributed by atoms with Crippen molar-refractivity contribution in [3.05, 3.63) is 47.2 Å². The largest absolute Gasteiger partial charge is 0.480 e. The Morgan fingerprint density at radius 2 is 2.10 bits per heavy atom. The van der Waals surface area contributed by atoms with E-state index in [4.69, 9.17) is 16.7 Å². The van der Waals surface area contributed by atoms with Gasteiger partial charge in [0, 0.05) is 35.6 Å². The number of benzene rings is 1. The van der Waals surface area contributed by atoms with Crippen LogP contribution in [0, 0.1) is 0 Å². The van der Waals surface area contributed by atoms with Crippen molar-refractivity contribution in [2.24, 2.45) is 0 Å². The van der Waals surface area contributed by atoms with Gasteiger partial charge in [-0.2, -0.15) is 5.10 Å². The molecule has 0 aliphatic rings. The van der Waals surface area contributed by atoms with Gasteiger partial charge >= 0.3 is 5.97 Å². The predicted octanol–water partition coefficient (Wildman–Crippen LogP) is 3.04. The molecule has 0 saturated carbocycles. The number of rotatable bonds is 7. The zero-order valence-electron chi connectivity index (χ0n) is 11.9. The molecule has 0 saturated heterocycles. The third-order valence-electron chi connectivity index (χ3n) is 3.03. The highest BCUT2D eigenvalue weighted by atomic mass is 35.5. The molecule has 1 N–H and O–H groups in total. The minimum absolute atomic E-state index is 0.0689. The fraction of sp³-hybridized carbons (Fsp3) is 0.333. The van der Waals surface area contributed by atoms with Gasteiger partial charge in [-0.25, -0.2) is 0 Å². The van der Waals surface area contributed by atoms with Gasteiger partial charge in [-0.05, 0) is 30.7 Å². The maximum absolute atomic E-state index is 11.1. The van der Waals surface area contributed by atoms with Gasteiger partial charge in [0.15, 0.2) is 0 Å². The minimum atomic E-state index is -0.870. The highest BCUT2D eigenvalue weighted by Gasteiger charge is 2.12. The van der Waals surface area contributed by atoms with Gasteiger partial charge in [0.25, 0.3) is 0 Å². The summed E-state index contributed by atoms with van der Waals surface area (Å²) in [6.45, 7) is 3.38. The summed E-state index contributed by atoms with van der Waals surface area (Å²) in [5, 5.41) is 14.0. The Morgan fingerprint density at radius 1 is 1.38 bits per heavy atom. The molecule has 0 aliphatic carbocycles. The van der Waals surface area contributed by atoms with Gasteiger partial charge < -0.3 is 10.0 Å². The number of carbonyl (C=O) groups is 1. The van der Waals surface area contributed by atoms with E-state index in [1.54, 1.807) is 23.2 Å². The van der Waals surface area contributed by atoms with Crippen LogP contribution in [0.2, 0.25) is 5.02 Å². The quantitative estimate of drug-likeness (QED) is 0.854. The molecule has 0 fully saturated rings. The Kier molecular flexibility index (Phi) is 5.22. The number of hydrogen-bond donors (Lipinski definition) is 1. The van der Waals surface area contributed by atoms with E-state index in [2.05, 4.69) is 12.0 Å². The Hall–Kier alpha value is -2.01. The van der Waals surface area contributed by atoms with Crippen molar-refractivity contribution in [1.29, 1.82) is 0 Å². The molecule has 0 spiro atoms. The normalized spacial score (nSPS) is 10.6. The molecule has 1 heterocycles. The standard InChI is InChI=1S/C15H18ClN3O2/c1-2-7-19-10-12(8-17-19)9-18(11-15(20)21)14-5-3-13(16)4-6-14/h3-6,8,10H,2,7,9,11H2,1H3,(H,20,21). The molecule has 21 heavy (non-hydrogen) atoms. The van der Waals surface area contributed by atoms with Crippen LogP contribution in [0.4, 0.5) is 5.69 Å². The molecule has 0 bridgehead atoms. The first-order valence-electron chi connectivity index (χ1n) is 6.82. The Labute approximate surface area is 128 Å². The van der Waals surface area contributed by atoms with Crippen LogP contribution in [0.5, 0.6) is 0 Å². The van der Waals surface area contributed by atoms with E-state index in [9.17, 15) is 4.79 Å². The number of carboxylic acids is 1. The third kappa shape index (κ3) is 4.49. The zero-order chi connectivity index (χ0) is 15.2. The Bertz CT molecular complexity index is 595. The molecule has 0 amide bonds. The fourth-order valence-electron chi connectivity index (χ4n) is 2.11. The summed E-state index contributed by atoms with van der Waals surface area (Å²) in [5.41, 5.74) is 1.81. The first kappa shape index (κ1) is 15.4. The molecule has 1 aromatic heterocycles. The SMILES string of the molecule is CCCn1cc(CN(CC(=O)O)c2ccc(Cl)cc2)cn1. The summed E-state index contributed by atoms with van der Waals surface area (Å²) in [6, 6.07) is 7.15. The lowest BCUT2D eigenvalue weighted by Gasteiger charge is -2.22. The monoisotopic (exact) mass is 307 g/mol. The number of hydrogen-bond acceptors (Lipinski definition) is 3. The van der Waals surface area contributed by atoms with Crippen molar-refractivity contribution in [1.82, 2.24) is 9.78 Å². The predicted molar refractivity (Wildman–Crippen MR) is 82.7 cm³/mol. The lowest BCUT2D eigenvalue weighted by atomic mass is 10.2. The van der Waals surface area contributed by atoms with Gasteiger partial charge in [0.2, 0.25) is 0 Å². The maximum atomic E-state index is 11.1. The highest BCUT2D eigenvalue weighted by molar-refractivity contribution is 6.30. The molecule has 5 nitrogen and oxygen atoms in total. The summed E-state index contributed by atoms with van der Waals surface area (Å²) in [4.78, 5) is 12.8. The Morgan fingerprint density at radius 3 is 2.71 bits per heavy atom. The number of halogens is 1. The maximum Gasteiger partial charge on any atom is 0.323 e. The van der Waals surface area contributed by atoms with E-state index < -0.39 is 5.97 Å². The molecule has 1 aromatic carbocycles. The summed E-state index contributed by atoms with van der Waals surface area (Å²) in [5.74, 6) is -0.870. The molecule has 2 aromatic rings. The number of anilines is 1. The van der Waals surface area contributed by atoms with Crippen molar-refractivity contribution in [3.8, 4) is 0 Å². The van der Waals surface area contributed by atoms with Crippen molar-refractivity contribution in [2.75, 3.05) is 11.4 Å². The third-order valence-corrected chi connectivity index (χ3v) is 3.28.